The molecule has 0 radical (unpaired) electrons. The molecule has 1 heterocycles. The van der Waals surface area contributed by atoms with Crippen LogP contribution < -0.4 is 21.3 Å². The molecule has 110 valence electrons. The largest absolute Gasteiger partial charge is 0.396 e. The number of hydrogen-bond donors (Lipinski definition) is 4. The molecule has 2 aliphatic rings. The van der Waals surface area contributed by atoms with Crippen molar-refractivity contribution in [3.8, 4) is 0 Å². The first-order chi connectivity index (χ1) is 8.87. The third-order valence-electron chi connectivity index (χ3n) is 4.21. The fourth-order valence-electron chi connectivity index (χ4n) is 2.94. The topological polar surface area (TPSA) is 65.2 Å². The van der Waals surface area contributed by atoms with Crippen LogP contribution in [0.5, 0.6) is 0 Å². The van der Waals surface area contributed by atoms with Crippen LogP contribution in [-0.2, 0) is 0 Å². The standard InChI is InChI=1S/C11H19F3N4O/c1-15-2-3-17-8(19)18-6-9-4-10(9,7-16-5-9)11(12,13)14/h15-16H,2-7H2,1H3,(H2,17,18,19)/t9-,10-/m1/s1. The summed E-state index contributed by atoms with van der Waals surface area (Å²) in [6.07, 6.45) is -4.10. The van der Waals surface area contributed by atoms with Gasteiger partial charge in [-0.3, -0.25) is 0 Å². The lowest BCUT2D eigenvalue weighted by Gasteiger charge is -2.20. The van der Waals surface area contributed by atoms with Crippen LogP contribution in [0, 0.1) is 10.8 Å². The number of rotatable bonds is 5. The minimum Gasteiger partial charge on any atom is -0.338 e. The summed E-state index contributed by atoms with van der Waals surface area (Å²) in [7, 11) is 1.75. The number of carbonyl (C=O) groups excluding carboxylic acids is 1. The molecule has 0 aromatic carbocycles. The van der Waals surface area contributed by atoms with Gasteiger partial charge in [0, 0.05) is 38.1 Å². The van der Waals surface area contributed by atoms with Gasteiger partial charge in [-0.2, -0.15) is 13.2 Å². The number of halogens is 3. The molecule has 1 saturated carbocycles. The van der Waals surface area contributed by atoms with Gasteiger partial charge in [-0.25, -0.2) is 4.79 Å². The van der Waals surface area contributed by atoms with Crippen LogP contribution in [0.1, 0.15) is 6.42 Å². The second-order valence-electron chi connectivity index (χ2n) is 5.35. The van der Waals surface area contributed by atoms with Gasteiger partial charge in [0.1, 0.15) is 0 Å². The Morgan fingerprint density at radius 2 is 2.00 bits per heavy atom. The minimum absolute atomic E-state index is 0.0421. The smallest absolute Gasteiger partial charge is 0.338 e. The van der Waals surface area contributed by atoms with Crippen LogP contribution >= 0.6 is 0 Å². The fraction of sp³-hybridized carbons (Fsp3) is 0.909. The molecule has 8 heteroatoms. The van der Waals surface area contributed by atoms with Gasteiger partial charge >= 0.3 is 12.2 Å². The van der Waals surface area contributed by atoms with Gasteiger partial charge in [-0.1, -0.05) is 0 Å². The zero-order valence-corrected chi connectivity index (χ0v) is 10.8. The van der Waals surface area contributed by atoms with E-state index >= 15 is 0 Å². The van der Waals surface area contributed by atoms with Crippen LogP contribution in [0.15, 0.2) is 0 Å². The predicted octanol–water partition coefficient (Wildman–Crippen LogP) is 0.0470. The fourth-order valence-corrected chi connectivity index (χ4v) is 2.94. The van der Waals surface area contributed by atoms with E-state index < -0.39 is 23.0 Å². The highest BCUT2D eigenvalue weighted by Gasteiger charge is 2.81. The second-order valence-corrected chi connectivity index (χ2v) is 5.35. The lowest BCUT2D eigenvalue weighted by Crippen LogP contribution is -2.43. The molecule has 0 spiro atoms. The van der Waals surface area contributed by atoms with E-state index in [1.165, 1.54) is 0 Å². The van der Waals surface area contributed by atoms with Gasteiger partial charge in [0.2, 0.25) is 0 Å². The average molecular weight is 280 g/mol. The summed E-state index contributed by atoms with van der Waals surface area (Å²) in [4.78, 5) is 11.4. The number of hydrogen-bond acceptors (Lipinski definition) is 3. The monoisotopic (exact) mass is 280 g/mol. The molecule has 0 aromatic rings. The van der Waals surface area contributed by atoms with E-state index in [1.807, 2.05) is 0 Å². The maximum Gasteiger partial charge on any atom is 0.396 e. The first-order valence-electron chi connectivity index (χ1n) is 6.31. The number of carbonyl (C=O) groups is 1. The summed E-state index contributed by atoms with van der Waals surface area (Å²) in [5.41, 5.74) is -2.50. The number of likely N-dealkylation sites (N-methyl/N-ethyl adjacent to an activating group) is 1. The summed E-state index contributed by atoms with van der Waals surface area (Å²) >= 11 is 0. The molecule has 4 N–H and O–H groups in total. The van der Waals surface area contributed by atoms with E-state index in [9.17, 15) is 18.0 Å². The Labute approximate surface area is 109 Å². The zero-order valence-electron chi connectivity index (χ0n) is 10.8. The summed E-state index contributed by atoms with van der Waals surface area (Å²) in [5.74, 6) is 0. The number of piperidine rings is 1. The first-order valence-corrected chi connectivity index (χ1v) is 6.31. The predicted molar refractivity (Wildman–Crippen MR) is 63.7 cm³/mol. The Kier molecular flexibility index (Phi) is 3.65. The van der Waals surface area contributed by atoms with Crippen LogP contribution in [0.4, 0.5) is 18.0 Å². The summed E-state index contributed by atoms with van der Waals surface area (Å²) in [5, 5.41) is 10.8. The van der Waals surface area contributed by atoms with Gasteiger partial charge in [0.25, 0.3) is 0 Å². The van der Waals surface area contributed by atoms with Crippen molar-refractivity contribution in [1.82, 2.24) is 21.3 Å². The van der Waals surface area contributed by atoms with Crippen LogP contribution in [0.25, 0.3) is 0 Å². The quantitative estimate of drug-likeness (QED) is 0.538. The van der Waals surface area contributed by atoms with Gasteiger partial charge in [-0.05, 0) is 13.5 Å². The van der Waals surface area contributed by atoms with Crippen molar-refractivity contribution in [3.05, 3.63) is 0 Å². The SMILES string of the molecule is CNCCNC(=O)NC[C@@]12CNC[C@]1(C(F)(F)F)C2. The van der Waals surface area contributed by atoms with Crippen molar-refractivity contribution in [3.63, 3.8) is 0 Å². The molecule has 5 nitrogen and oxygen atoms in total. The van der Waals surface area contributed by atoms with Gasteiger partial charge in [0.05, 0.1) is 5.41 Å². The Bertz CT molecular complexity index is 362. The molecule has 2 fully saturated rings. The molecule has 2 rings (SSSR count). The van der Waals surface area contributed by atoms with E-state index in [1.54, 1.807) is 7.05 Å². The van der Waals surface area contributed by atoms with E-state index in [0.717, 1.165) is 0 Å². The molecule has 2 atom stereocenters. The summed E-state index contributed by atoms with van der Waals surface area (Å²) in [6.45, 7) is 1.39. The molecule has 19 heavy (non-hydrogen) atoms. The summed E-state index contributed by atoms with van der Waals surface area (Å²) in [6, 6.07) is -0.417. The van der Waals surface area contributed by atoms with Crippen molar-refractivity contribution in [1.29, 1.82) is 0 Å². The molecule has 1 aliphatic carbocycles. The third-order valence-corrected chi connectivity index (χ3v) is 4.21. The maximum atomic E-state index is 13.0. The normalized spacial score (nSPS) is 32.8. The summed E-state index contributed by atoms with van der Waals surface area (Å²) < 4.78 is 39.1. The van der Waals surface area contributed by atoms with E-state index in [-0.39, 0.29) is 19.5 Å². The van der Waals surface area contributed by atoms with E-state index in [2.05, 4.69) is 21.3 Å². The second kappa shape index (κ2) is 4.82. The number of nitrogens with one attached hydrogen (secondary N) is 4. The minimum atomic E-state index is -4.21. The molecule has 0 aromatic heterocycles. The Balaban J connectivity index is 1.83. The molecule has 2 amide bonds. The number of urea groups is 1. The Hall–Kier alpha value is -1.02. The van der Waals surface area contributed by atoms with Crippen molar-refractivity contribution >= 4 is 6.03 Å². The van der Waals surface area contributed by atoms with Crippen LogP contribution in [0.2, 0.25) is 0 Å². The Morgan fingerprint density at radius 3 is 2.58 bits per heavy atom. The van der Waals surface area contributed by atoms with Crippen LogP contribution in [-0.4, -0.2) is 52.0 Å². The highest BCUT2D eigenvalue weighted by Crippen LogP contribution is 2.72. The zero-order chi connectivity index (χ0) is 14.1. The van der Waals surface area contributed by atoms with Crippen molar-refractivity contribution in [2.24, 2.45) is 10.8 Å². The lowest BCUT2D eigenvalue weighted by atomic mass is 9.95. The third kappa shape index (κ3) is 2.38. The average Bonchev–Trinajstić information content (AvgIpc) is 2.85. The molecule has 0 unspecified atom stereocenters. The lowest BCUT2D eigenvalue weighted by molar-refractivity contribution is -0.190. The molecule has 1 saturated heterocycles. The van der Waals surface area contributed by atoms with E-state index in [0.29, 0.717) is 19.6 Å². The highest BCUT2D eigenvalue weighted by atomic mass is 19.4. The highest BCUT2D eigenvalue weighted by molar-refractivity contribution is 5.74. The Morgan fingerprint density at radius 1 is 1.26 bits per heavy atom. The van der Waals surface area contributed by atoms with Crippen molar-refractivity contribution in [2.75, 3.05) is 39.8 Å². The molecular weight excluding hydrogens is 261 g/mol. The first kappa shape index (κ1) is 14.4. The number of alkyl halides is 3. The van der Waals surface area contributed by atoms with Crippen LogP contribution in [0.3, 0.4) is 0 Å². The molecule has 1 aliphatic heterocycles. The molecular formula is C11H19F3N4O. The number of fused-ring (bicyclic) bond motifs is 1. The van der Waals surface area contributed by atoms with Crippen molar-refractivity contribution in [2.45, 2.75) is 12.6 Å². The number of amides is 2. The maximum absolute atomic E-state index is 13.0. The van der Waals surface area contributed by atoms with Gasteiger partial charge < -0.3 is 21.3 Å². The van der Waals surface area contributed by atoms with Gasteiger partial charge in [-0.15, -0.1) is 0 Å². The van der Waals surface area contributed by atoms with Gasteiger partial charge in [0.15, 0.2) is 0 Å². The molecule has 0 bridgehead atoms. The van der Waals surface area contributed by atoms with Crippen molar-refractivity contribution < 1.29 is 18.0 Å². The van der Waals surface area contributed by atoms with E-state index in [4.69, 9.17) is 0 Å².